The first-order valence-electron chi connectivity index (χ1n) is 13.9. The average Bonchev–Trinajstić information content (AvgIpc) is 3.68. The highest BCUT2D eigenvalue weighted by atomic mass is 35.5. The summed E-state index contributed by atoms with van der Waals surface area (Å²) < 4.78 is 0. The van der Waals surface area contributed by atoms with Gasteiger partial charge in [-0.1, -0.05) is 92.5 Å². The smallest absolute Gasteiger partial charge is 0.231 e. The van der Waals surface area contributed by atoms with Gasteiger partial charge in [0.1, 0.15) is 0 Å². The van der Waals surface area contributed by atoms with Crippen LogP contribution in [-0.2, 0) is 23.1 Å². The van der Waals surface area contributed by atoms with Crippen LogP contribution < -0.4 is 10.6 Å². The third-order valence-corrected chi connectivity index (χ3v) is 8.63. The van der Waals surface area contributed by atoms with Crippen LogP contribution in [0.1, 0.15) is 88.3 Å². The number of hydrogen-bond donors (Lipinski definition) is 2. The minimum Gasteiger partial charge on any atom is -0.384 e. The lowest BCUT2D eigenvalue weighted by Gasteiger charge is -2.31. The molecule has 1 amide bonds. The molecule has 2 N–H and O–H groups in total. The first-order chi connectivity index (χ1) is 17.9. The fraction of sp³-hybridized carbons (Fsp3) is 0.516. The number of carbonyl (C=O) groups is 1. The van der Waals surface area contributed by atoms with E-state index in [4.69, 9.17) is 34.8 Å². The Morgan fingerprint density at radius 3 is 2.35 bits per heavy atom. The standard InChI is InChI=1S/C31H39Cl3N2O/c1-3-8-21-18-23(32)14-15-26(21)31(16-17-31)30(37)36-29(19-22-12-13-24(33)20-27(22)34)28(9-4-2)35-25-10-6-5-7-11-25/h9,12-15,18,20,25,29,35H,3-8,10-11,16-17,19H2,1-2H3,(H,36,37)/b28-9-/t29-/m0/s1. The summed E-state index contributed by atoms with van der Waals surface area (Å²) in [5.41, 5.74) is 3.89. The van der Waals surface area contributed by atoms with Gasteiger partial charge in [-0.25, -0.2) is 0 Å². The molecule has 2 aliphatic carbocycles. The summed E-state index contributed by atoms with van der Waals surface area (Å²) in [6.45, 7) is 4.30. The maximum atomic E-state index is 14.1. The van der Waals surface area contributed by atoms with Crippen molar-refractivity contribution < 1.29 is 4.79 Å². The van der Waals surface area contributed by atoms with Gasteiger partial charge in [0.05, 0.1) is 11.5 Å². The minimum absolute atomic E-state index is 0.0923. The molecule has 0 radical (unpaired) electrons. The van der Waals surface area contributed by atoms with Crippen molar-refractivity contribution >= 4 is 40.7 Å². The number of halogens is 3. The lowest BCUT2D eigenvalue weighted by atomic mass is 9.88. The van der Waals surface area contributed by atoms with Crippen LogP contribution in [0.2, 0.25) is 15.1 Å². The molecule has 0 aromatic heterocycles. The number of allylic oxidation sites excluding steroid dienone is 1. The van der Waals surface area contributed by atoms with Crippen molar-refractivity contribution in [2.24, 2.45) is 0 Å². The van der Waals surface area contributed by atoms with Crippen molar-refractivity contribution in [2.45, 2.75) is 102 Å². The molecule has 37 heavy (non-hydrogen) atoms. The molecule has 2 aliphatic rings. The van der Waals surface area contributed by atoms with Gasteiger partial charge < -0.3 is 10.6 Å². The first-order valence-corrected chi connectivity index (χ1v) is 15.0. The number of amides is 1. The second kappa shape index (κ2) is 12.9. The summed E-state index contributed by atoms with van der Waals surface area (Å²) in [6.07, 6.45) is 13.5. The quantitative estimate of drug-likeness (QED) is 0.288. The maximum Gasteiger partial charge on any atom is 0.231 e. The van der Waals surface area contributed by atoms with Crippen LogP contribution in [0.15, 0.2) is 48.2 Å². The second-order valence-corrected chi connectivity index (χ2v) is 11.9. The fourth-order valence-electron chi connectivity index (χ4n) is 5.70. The molecule has 2 aromatic rings. The Hall–Kier alpha value is -1.68. The molecule has 0 heterocycles. The van der Waals surface area contributed by atoms with Crippen molar-refractivity contribution in [1.82, 2.24) is 10.6 Å². The zero-order valence-corrected chi connectivity index (χ0v) is 24.3. The van der Waals surface area contributed by atoms with E-state index in [9.17, 15) is 4.79 Å². The van der Waals surface area contributed by atoms with Crippen LogP contribution in [0, 0.1) is 0 Å². The Kier molecular flexibility index (Phi) is 9.89. The van der Waals surface area contributed by atoms with E-state index < -0.39 is 5.41 Å². The van der Waals surface area contributed by atoms with Crippen LogP contribution in [0.3, 0.4) is 0 Å². The van der Waals surface area contributed by atoms with Gasteiger partial charge in [0.15, 0.2) is 0 Å². The molecule has 2 saturated carbocycles. The van der Waals surface area contributed by atoms with Crippen molar-refractivity contribution in [2.75, 3.05) is 0 Å². The summed E-state index contributed by atoms with van der Waals surface area (Å²) >= 11 is 19.1. The summed E-state index contributed by atoms with van der Waals surface area (Å²) in [5.74, 6) is 0.0923. The van der Waals surface area contributed by atoms with Crippen molar-refractivity contribution in [1.29, 1.82) is 0 Å². The molecule has 0 saturated heterocycles. The van der Waals surface area contributed by atoms with E-state index in [1.807, 2.05) is 24.3 Å². The van der Waals surface area contributed by atoms with Crippen LogP contribution in [-0.4, -0.2) is 18.0 Å². The topological polar surface area (TPSA) is 41.1 Å². The summed E-state index contributed by atoms with van der Waals surface area (Å²) in [4.78, 5) is 14.1. The molecule has 2 aromatic carbocycles. The van der Waals surface area contributed by atoms with E-state index in [-0.39, 0.29) is 11.9 Å². The number of hydrogen-bond acceptors (Lipinski definition) is 2. The summed E-state index contributed by atoms with van der Waals surface area (Å²) in [7, 11) is 0. The maximum absolute atomic E-state index is 14.1. The number of benzene rings is 2. The predicted octanol–water partition coefficient (Wildman–Crippen LogP) is 8.57. The molecule has 200 valence electrons. The molecule has 3 nitrogen and oxygen atoms in total. The molecule has 1 atom stereocenters. The highest BCUT2D eigenvalue weighted by Crippen LogP contribution is 2.50. The van der Waals surface area contributed by atoms with E-state index in [2.05, 4.69) is 36.6 Å². The van der Waals surface area contributed by atoms with Gasteiger partial charge in [0.2, 0.25) is 5.91 Å². The second-order valence-electron chi connectivity index (χ2n) is 10.6. The highest BCUT2D eigenvalue weighted by Gasteiger charge is 2.52. The van der Waals surface area contributed by atoms with E-state index in [1.165, 1.54) is 37.7 Å². The van der Waals surface area contributed by atoms with Crippen molar-refractivity contribution in [3.05, 3.63) is 79.9 Å². The predicted molar refractivity (Wildman–Crippen MR) is 157 cm³/mol. The zero-order valence-electron chi connectivity index (χ0n) is 22.0. The summed E-state index contributed by atoms with van der Waals surface area (Å²) in [5, 5.41) is 9.26. The number of carbonyl (C=O) groups excluding carboxylic acids is 1. The Bertz CT molecular complexity index is 1120. The molecule has 4 rings (SSSR count). The van der Waals surface area contributed by atoms with E-state index in [1.54, 1.807) is 6.07 Å². The van der Waals surface area contributed by atoms with Gasteiger partial charge in [-0.05, 0) is 85.9 Å². The fourth-order valence-corrected chi connectivity index (χ4v) is 6.38. The van der Waals surface area contributed by atoms with E-state index in [0.29, 0.717) is 22.5 Å². The number of aryl methyl sites for hydroxylation is 1. The molecule has 0 unspecified atom stereocenters. The zero-order chi connectivity index (χ0) is 26.4. The minimum atomic E-state index is -0.487. The molecule has 0 spiro atoms. The molecular formula is C31H39Cl3N2O. The van der Waals surface area contributed by atoms with Crippen molar-refractivity contribution in [3.63, 3.8) is 0 Å². The molecule has 0 aliphatic heterocycles. The average molecular weight is 562 g/mol. The SMILES string of the molecule is CC/C=C(\NC1CCCCC1)[C@H](Cc1ccc(Cl)cc1Cl)NC(=O)C1(c2ccc(Cl)cc2CCC)CC1. The highest BCUT2D eigenvalue weighted by molar-refractivity contribution is 6.35. The first kappa shape index (κ1) is 28.3. The van der Waals surface area contributed by atoms with Gasteiger partial charge in [0, 0.05) is 26.8 Å². The Labute approximate surface area is 237 Å². The molecule has 6 heteroatoms. The normalized spacial score (nSPS) is 18.4. The summed E-state index contributed by atoms with van der Waals surface area (Å²) in [6, 6.07) is 11.9. The Morgan fingerprint density at radius 2 is 1.70 bits per heavy atom. The van der Waals surface area contributed by atoms with Crippen LogP contribution >= 0.6 is 34.8 Å². The lowest BCUT2D eigenvalue weighted by molar-refractivity contribution is -0.124. The molecule has 0 bridgehead atoms. The Balaban J connectivity index is 1.63. The van der Waals surface area contributed by atoms with Crippen LogP contribution in [0.5, 0.6) is 0 Å². The third-order valence-electron chi connectivity index (χ3n) is 7.81. The van der Waals surface area contributed by atoms with Crippen molar-refractivity contribution in [3.8, 4) is 0 Å². The van der Waals surface area contributed by atoms with Crippen LogP contribution in [0.4, 0.5) is 0 Å². The number of rotatable bonds is 11. The van der Waals surface area contributed by atoms with Gasteiger partial charge in [-0.15, -0.1) is 0 Å². The molecule has 2 fully saturated rings. The van der Waals surface area contributed by atoms with Crippen LogP contribution in [0.25, 0.3) is 0 Å². The van der Waals surface area contributed by atoms with E-state index >= 15 is 0 Å². The Morgan fingerprint density at radius 1 is 1.00 bits per heavy atom. The van der Waals surface area contributed by atoms with E-state index in [0.717, 1.165) is 54.0 Å². The van der Waals surface area contributed by atoms with Gasteiger partial charge >= 0.3 is 0 Å². The van der Waals surface area contributed by atoms with Gasteiger partial charge in [-0.3, -0.25) is 4.79 Å². The van der Waals surface area contributed by atoms with Gasteiger partial charge in [-0.2, -0.15) is 0 Å². The number of nitrogens with one attached hydrogen (secondary N) is 2. The largest absolute Gasteiger partial charge is 0.384 e. The lowest BCUT2D eigenvalue weighted by Crippen LogP contribution is -2.48. The molecular weight excluding hydrogens is 523 g/mol. The van der Waals surface area contributed by atoms with Gasteiger partial charge in [0.25, 0.3) is 0 Å². The monoisotopic (exact) mass is 560 g/mol. The third kappa shape index (κ3) is 7.05.